The molecule has 0 saturated carbocycles. The molecule has 1 aliphatic rings. The standard InChI is InChI=1S/C7H8BrN3O/c8-5-3-10-11(4-5)6-1-2-9-7(6)12/h3-4,6H,1-2H2,(H,9,12)/t6-/m1/s1. The first-order chi connectivity index (χ1) is 5.77. The molecule has 1 fully saturated rings. The molecule has 4 nitrogen and oxygen atoms in total. The maximum Gasteiger partial charge on any atom is 0.244 e. The second kappa shape index (κ2) is 2.90. The summed E-state index contributed by atoms with van der Waals surface area (Å²) in [6.07, 6.45) is 4.33. The first-order valence-corrected chi connectivity index (χ1v) is 4.54. The monoisotopic (exact) mass is 229 g/mol. The highest BCUT2D eigenvalue weighted by Gasteiger charge is 2.25. The molecule has 0 radical (unpaired) electrons. The lowest BCUT2D eigenvalue weighted by Crippen LogP contribution is -2.21. The maximum absolute atomic E-state index is 11.2. The highest BCUT2D eigenvalue weighted by atomic mass is 79.9. The molecule has 1 saturated heterocycles. The van der Waals surface area contributed by atoms with Crippen LogP contribution in [-0.2, 0) is 4.79 Å². The first kappa shape index (κ1) is 7.79. The Balaban J connectivity index is 2.24. The minimum Gasteiger partial charge on any atom is -0.354 e. The van der Waals surface area contributed by atoms with E-state index in [0.717, 1.165) is 17.4 Å². The number of hydrogen-bond donors (Lipinski definition) is 1. The fourth-order valence-corrected chi connectivity index (χ4v) is 1.62. The van der Waals surface area contributed by atoms with Crippen molar-refractivity contribution >= 4 is 21.8 Å². The van der Waals surface area contributed by atoms with Crippen molar-refractivity contribution in [3.8, 4) is 0 Å². The van der Waals surface area contributed by atoms with Crippen LogP contribution in [0.3, 0.4) is 0 Å². The van der Waals surface area contributed by atoms with E-state index in [0.29, 0.717) is 0 Å². The van der Waals surface area contributed by atoms with Gasteiger partial charge in [0, 0.05) is 12.7 Å². The van der Waals surface area contributed by atoms with Crippen LogP contribution in [-0.4, -0.2) is 22.2 Å². The highest BCUT2D eigenvalue weighted by Crippen LogP contribution is 2.17. The molecule has 1 aromatic heterocycles. The molecule has 1 amide bonds. The van der Waals surface area contributed by atoms with Crippen LogP contribution in [0.15, 0.2) is 16.9 Å². The molecule has 1 aliphatic heterocycles. The molecule has 5 heteroatoms. The van der Waals surface area contributed by atoms with Gasteiger partial charge in [0.15, 0.2) is 0 Å². The van der Waals surface area contributed by atoms with Crippen molar-refractivity contribution in [2.24, 2.45) is 0 Å². The number of carbonyl (C=O) groups is 1. The van der Waals surface area contributed by atoms with Gasteiger partial charge in [-0.3, -0.25) is 9.48 Å². The third-order valence-corrected chi connectivity index (χ3v) is 2.32. The molecule has 2 rings (SSSR count). The van der Waals surface area contributed by atoms with E-state index in [-0.39, 0.29) is 11.9 Å². The highest BCUT2D eigenvalue weighted by molar-refractivity contribution is 9.10. The van der Waals surface area contributed by atoms with Crippen LogP contribution in [0.1, 0.15) is 12.5 Å². The number of halogens is 1. The zero-order valence-electron chi connectivity index (χ0n) is 6.33. The topological polar surface area (TPSA) is 46.9 Å². The van der Waals surface area contributed by atoms with E-state index in [4.69, 9.17) is 0 Å². The summed E-state index contributed by atoms with van der Waals surface area (Å²) in [7, 11) is 0. The summed E-state index contributed by atoms with van der Waals surface area (Å²) >= 11 is 3.28. The minimum absolute atomic E-state index is 0.0607. The second-order valence-electron chi connectivity index (χ2n) is 2.73. The second-order valence-corrected chi connectivity index (χ2v) is 3.65. The lowest BCUT2D eigenvalue weighted by atomic mass is 10.2. The predicted octanol–water partition coefficient (Wildman–Crippen LogP) is 0.707. The lowest BCUT2D eigenvalue weighted by Gasteiger charge is -2.05. The Labute approximate surface area is 78.1 Å². The largest absolute Gasteiger partial charge is 0.354 e. The van der Waals surface area contributed by atoms with Crippen molar-refractivity contribution in [1.82, 2.24) is 15.1 Å². The van der Waals surface area contributed by atoms with E-state index in [1.807, 2.05) is 6.20 Å². The fourth-order valence-electron chi connectivity index (χ4n) is 1.32. The van der Waals surface area contributed by atoms with Crippen molar-refractivity contribution in [2.45, 2.75) is 12.5 Å². The van der Waals surface area contributed by atoms with Gasteiger partial charge >= 0.3 is 0 Å². The minimum atomic E-state index is -0.115. The Kier molecular flexibility index (Phi) is 1.88. The van der Waals surface area contributed by atoms with Crippen LogP contribution in [0.4, 0.5) is 0 Å². The Morgan fingerprint density at radius 3 is 3.08 bits per heavy atom. The van der Waals surface area contributed by atoms with Gasteiger partial charge in [-0.2, -0.15) is 5.10 Å². The van der Waals surface area contributed by atoms with Crippen LogP contribution in [0.2, 0.25) is 0 Å². The number of carbonyl (C=O) groups excluding carboxylic acids is 1. The third-order valence-electron chi connectivity index (χ3n) is 1.91. The van der Waals surface area contributed by atoms with Gasteiger partial charge in [-0.25, -0.2) is 0 Å². The number of amides is 1. The summed E-state index contributed by atoms with van der Waals surface area (Å²) in [6, 6.07) is -0.115. The normalized spacial score (nSPS) is 22.8. The number of nitrogens with zero attached hydrogens (tertiary/aromatic N) is 2. The van der Waals surface area contributed by atoms with Crippen molar-refractivity contribution < 1.29 is 4.79 Å². The molecule has 1 aromatic rings. The molecule has 0 spiro atoms. The zero-order valence-corrected chi connectivity index (χ0v) is 7.91. The molecule has 0 unspecified atom stereocenters. The van der Waals surface area contributed by atoms with Crippen LogP contribution in [0.5, 0.6) is 0 Å². The Morgan fingerprint density at radius 1 is 1.75 bits per heavy atom. The van der Waals surface area contributed by atoms with E-state index in [9.17, 15) is 4.79 Å². The molecule has 0 aromatic carbocycles. The summed E-state index contributed by atoms with van der Waals surface area (Å²) in [6.45, 7) is 0.751. The van der Waals surface area contributed by atoms with Crippen molar-refractivity contribution in [3.63, 3.8) is 0 Å². The van der Waals surface area contributed by atoms with E-state index < -0.39 is 0 Å². The quantitative estimate of drug-likeness (QED) is 0.772. The summed E-state index contributed by atoms with van der Waals surface area (Å²) in [4.78, 5) is 11.2. The van der Waals surface area contributed by atoms with Gasteiger partial charge in [0.25, 0.3) is 0 Å². The van der Waals surface area contributed by atoms with Gasteiger partial charge in [-0.05, 0) is 22.4 Å². The molecule has 0 bridgehead atoms. The predicted molar refractivity (Wildman–Crippen MR) is 46.6 cm³/mol. The van der Waals surface area contributed by atoms with Gasteiger partial charge in [0.05, 0.1) is 10.7 Å². The van der Waals surface area contributed by atoms with E-state index >= 15 is 0 Å². The summed E-state index contributed by atoms with van der Waals surface area (Å²) in [5.41, 5.74) is 0. The smallest absolute Gasteiger partial charge is 0.244 e. The molecular weight excluding hydrogens is 222 g/mol. The fraction of sp³-hybridized carbons (Fsp3) is 0.429. The summed E-state index contributed by atoms with van der Waals surface area (Å²) in [5, 5.41) is 6.82. The van der Waals surface area contributed by atoms with Crippen LogP contribution in [0.25, 0.3) is 0 Å². The van der Waals surface area contributed by atoms with E-state index in [1.54, 1.807) is 10.9 Å². The van der Waals surface area contributed by atoms with Crippen molar-refractivity contribution in [3.05, 3.63) is 16.9 Å². The summed E-state index contributed by atoms with van der Waals surface area (Å²) in [5.74, 6) is 0.0607. The Hall–Kier alpha value is -0.840. The zero-order chi connectivity index (χ0) is 8.55. The first-order valence-electron chi connectivity index (χ1n) is 3.75. The molecule has 64 valence electrons. The number of aromatic nitrogens is 2. The Bertz CT molecular complexity index is 309. The van der Waals surface area contributed by atoms with Gasteiger partial charge < -0.3 is 5.32 Å². The number of hydrogen-bond acceptors (Lipinski definition) is 2. The van der Waals surface area contributed by atoms with Gasteiger partial charge in [0.2, 0.25) is 5.91 Å². The van der Waals surface area contributed by atoms with Crippen molar-refractivity contribution in [1.29, 1.82) is 0 Å². The third kappa shape index (κ3) is 1.24. The van der Waals surface area contributed by atoms with Crippen LogP contribution >= 0.6 is 15.9 Å². The number of rotatable bonds is 1. The average Bonchev–Trinajstić information content (AvgIpc) is 2.58. The maximum atomic E-state index is 11.2. The molecule has 1 N–H and O–H groups in total. The summed E-state index contributed by atoms with van der Waals surface area (Å²) < 4.78 is 2.59. The lowest BCUT2D eigenvalue weighted by molar-refractivity contribution is -0.122. The molecule has 12 heavy (non-hydrogen) atoms. The molecule has 2 heterocycles. The average molecular weight is 230 g/mol. The van der Waals surface area contributed by atoms with Crippen molar-refractivity contribution in [2.75, 3.05) is 6.54 Å². The van der Waals surface area contributed by atoms with E-state index in [1.165, 1.54) is 0 Å². The van der Waals surface area contributed by atoms with Gasteiger partial charge in [-0.1, -0.05) is 0 Å². The molecule has 0 aliphatic carbocycles. The van der Waals surface area contributed by atoms with Gasteiger partial charge in [0.1, 0.15) is 6.04 Å². The molecule has 1 atom stereocenters. The Morgan fingerprint density at radius 2 is 2.58 bits per heavy atom. The molecular formula is C7H8BrN3O. The SMILES string of the molecule is O=C1NCC[C@H]1n1cc(Br)cn1. The van der Waals surface area contributed by atoms with Crippen LogP contribution < -0.4 is 5.32 Å². The van der Waals surface area contributed by atoms with E-state index in [2.05, 4.69) is 26.3 Å². The number of nitrogens with one attached hydrogen (secondary N) is 1. The van der Waals surface area contributed by atoms with Gasteiger partial charge in [-0.15, -0.1) is 0 Å². The van der Waals surface area contributed by atoms with Crippen LogP contribution in [0, 0.1) is 0 Å².